The number of carbonyl (C=O) groups excluding carboxylic acids is 1. The van der Waals surface area contributed by atoms with E-state index in [4.69, 9.17) is 4.74 Å². The van der Waals surface area contributed by atoms with Gasteiger partial charge in [-0.2, -0.15) is 0 Å². The topological polar surface area (TPSA) is 87.6 Å². The summed E-state index contributed by atoms with van der Waals surface area (Å²) < 4.78 is 5.41. The zero-order valence-electron chi connectivity index (χ0n) is 16.7. The zero-order chi connectivity index (χ0) is 19.6. The molecule has 0 saturated heterocycles. The van der Waals surface area contributed by atoms with Gasteiger partial charge in [0, 0.05) is 37.8 Å². The van der Waals surface area contributed by atoms with Crippen LogP contribution >= 0.6 is 24.0 Å². The Labute approximate surface area is 183 Å². The molecule has 0 saturated carbocycles. The number of carbonyl (C=O) groups is 1. The van der Waals surface area contributed by atoms with Crippen molar-refractivity contribution in [1.29, 1.82) is 0 Å². The van der Waals surface area contributed by atoms with E-state index >= 15 is 0 Å². The lowest BCUT2D eigenvalue weighted by Gasteiger charge is -2.14. The lowest BCUT2D eigenvalue weighted by atomic mass is 10.1. The van der Waals surface area contributed by atoms with Crippen molar-refractivity contribution in [3.63, 3.8) is 0 Å². The number of halogens is 1. The van der Waals surface area contributed by atoms with E-state index in [1.54, 1.807) is 20.2 Å². The first kappa shape index (κ1) is 23.7. The second-order valence-electron chi connectivity index (χ2n) is 6.13. The number of benzene rings is 1. The summed E-state index contributed by atoms with van der Waals surface area (Å²) in [6.45, 7) is 4.94. The number of aliphatic imine (C=N–C) groups is 1. The highest BCUT2D eigenvalue weighted by Gasteiger charge is 2.06. The van der Waals surface area contributed by atoms with Crippen LogP contribution in [0.25, 0.3) is 0 Å². The molecule has 1 amide bonds. The van der Waals surface area contributed by atoms with E-state index in [1.165, 1.54) is 0 Å². The van der Waals surface area contributed by atoms with Crippen LogP contribution in [0.15, 0.2) is 41.4 Å². The number of rotatable bonds is 7. The molecule has 0 aliphatic rings. The largest absolute Gasteiger partial charge is 0.496 e. The monoisotopic (exact) mass is 497 g/mol. The molecule has 3 N–H and O–H groups in total. The smallest absolute Gasteiger partial charge is 0.227 e. The summed E-state index contributed by atoms with van der Waals surface area (Å²) in [7, 11) is 3.35. The van der Waals surface area contributed by atoms with Crippen molar-refractivity contribution >= 4 is 41.7 Å². The van der Waals surface area contributed by atoms with Gasteiger partial charge in [-0.3, -0.25) is 9.79 Å². The standard InChI is InChI=1S/C20H27N5O2.HI/c1-14-8-9-16(17(12-14)27-4)13-23-20(21-3)22-11-10-19(26)25-18-7-5-6-15(2)24-18;/h5-9,12H,10-11,13H2,1-4H3,(H2,21,22,23)(H,24,25,26);1H. The number of aryl methyl sites for hydroxylation is 2. The zero-order valence-corrected chi connectivity index (χ0v) is 19.0. The van der Waals surface area contributed by atoms with Gasteiger partial charge in [0.2, 0.25) is 5.91 Å². The highest BCUT2D eigenvalue weighted by atomic mass is 127. The molecule has 0 aliphatic heterocycles. The van der Waals surface area contributed by atoms with E-state index in [1.807, 2.05) is 44.2 Å². The Bertz CT molecular complexity index is 811. The molecule has 0 radical (unpaired) electrons. The van der Waals surface area contributed by atoms with Crippen molar-refractivity contribution < 1.29 is 9.53 Å². The second-order valence-corrected chi connectivity index (χ2v) is 6.13. The van der Waals surface area contributed by atoms with Crippen LogP contribution in [0.4, 0.5) is 5.82 Å². The van der Waals surface area contributed by atoms with Gasteiger partial charge in [-0.15, -0.1) is 24.0 Å². The van der Waals surface area contributed by atoms with Gasteiger partial charge in [0.05, 0.1) is 7.11 Å². The number of nitrogens with one attached hydrogen (secondary N) is 3. The van der Waals surface area contributed by atoms with E-state index in [9.17, 15) is 4.79 Å². The van der Waals surface area contributed by atoms with E-state index in [2.05, 4.69) is 25.9 Å². The Morgan fingerprint density at radius 2 is 1.96 bits per heavy atom. The first-order valence-electron chi connectivity index (χ1n) is 8.83. The van der Waals surface area contributed by atoms with Crippen LogP contribution in [0.1, 0.15) is 23.2 Å². The van der Waals surface area contributed by atoms with Crippen LogP contribution in [-0.2, 0) is 11.3 Å². The number of nitrogens with zero attached hydrogens (tertiary/aromatic N) is 2. The van der Waals surface area contributed by atoms with E-state index < -0.39 is 0 Å². The minimum atomic E-state index is -0.101. The summed E-state index contributed by atoms with van der Waals surface area (Å²) in [5, 5.41) is 9.14. The van der Waals surface area contributed by atoms with Gasteiger partial charge in [0.25, 0.3) is 0 Å². The summed E-state index contributed by atoms with van der Waals surface area (Å²) in [6.07, 6.45) is 0.310. The Morgan fingerprint density at radius 3 is 2.64 bits per heavy atom. The fourth-order valence-electron chi connectivity index (χ4n) is 2.51. The summed E-state index contributed by atoms with van der Waals surface area (Å²) in [5.41, 5.74) is 3.04. The van der Waals surface area contributed by atoms with Gasteiger partial charge in [-0.1, -0.05) is 18.2 Å². The third-order valence-electron chi connectivity index (χ3n) is 3.91. The molecule has 0 atom stereocenters. The van der Waals surface area contributed by atoms with E-state index in [0.717, 1.165) is 22.6 Å². The number of guanidine groups is 1. The molecule has 1 heterocycles. The maximum absolute atomic E-state index is 12.0. The average Bonchev–Trinajstić information content (AvgIpc) is 2.65. The van der Waals surface area contributed by atoms with Gasteiger partial charge >= 0.3 is 0 Å². The number of methoxy groups -OCH3 is 1. The molecule has 0 bridgehead atoms. The average molecular weight is 497 g/mol. The first-order valence-corrected chi connectivity index (χ1v) is 8.83. The van der Waals surface area contributed by atoms with Crippen molar-refractivity contribution in [2.24, 2.45) is 4.99 Å². The van der Waals surface area contributed by atoms with Crippen molar-refractivity contribution in [1.82, 2.24) is 15.6 Å². The Kier molecular flexibility index (Phi) is 10.3. The van der Waals surface area contributed by atoms with Crippen LogP contribution in [0.2, 0.25) is 0 Å². The number of aromatic nitrogens is 1. The van der Waals surface area contributed by atoms with Crippen LogP contribution in [0, 0.1) is 13.8 Å². The maximum Gasteiger partial charge on any atom is 0.227 e. The fourth-order valence-corrected chi connectivity index (χ4v) is 2.51. The van der Waals surface area contributed by atoms with Gasteiger partial charge < -0.3 is 20.7 Å². The highest BCUT2D eigenvalue weighted by molar-refractivity contribution is 14.0. The molecule has 7 nitrogen and oxygen atoms in total. The first-order chi connectivity index (χ1) is 13.0. The molecule has 2 aromatic rings. The summed E-state index contributed by atoms with van der Waals surface area (Å²) in [6, 6.07) is 11.6. The van der Waals surface area contributed by atoms with Gasteiger partial charge in [0.1, 0.15) is 11.6 Å². The number of hydrogen-bond donors (Lipinski definition) is 3. The third kappa shape index (κ3) is 7.71. The molecule has 8 heteroatoms. The van der Waals surface area contributed by atoms with Crippen molar-refractivity contribution in [3.05, 3.63) is 53.2 Å². The maximum atomic E-state index is 12.0. The molecule has 0 unspecified atom stereocenters. The van der Waals surface area contributed by atoms with Gasteiger partial charge in [-0.25, -0.2) is 4.98 Å². The molecule has 1 aromatic carbocycles. The number of pyridine rings is 1. The fraction of sp³-hybridized carbons (Fsp3) is 0.350. The third-order valence-corrected chi connectivity index (χ3v) is 3.91. The molecular formula is C20H28IN5O2. The van der Waals surface area contributed by atoms with Crippen molar-refractivity contribution in [3.8, 4) is 5.75 Å². The quantitative estimate of drug-likeness (QED) is 0.311. The van der Waals surface area contributed by atoms with Crippen LogP contribution in [0.5, 0.6) is 5.75 Å². The summed E-state index contributed by atoms with van der Waals surface area (Å²) in [5.74, 6) is 1.92. The van der Waals surface area contributed by atoms with Gasteiger partial charge in [-0.05, 0) is 37.6 Å². The van der Waals surface area contributed by atoms with Crippen LogP contribution in [0.3, 0.4) is 0 Å². The Hall–Kier alpha value is -2.36. The normalized spacial score (nSPS) is 10.6. The predicted molar refractivity (Wildman–Crippen MR) is 124 cm³/mol. The lowest BCUT2D eigenvalue weighted by Crippen LogP contribution is -2.38. The number of ether oxygens (including phenoxy) is 1. The van der Waals surface area contributed by atoms with E-state index in [0.29, 0.717) is 31.3 Å². The molecule has 0 spiro atoms. The minimum absolute atomic E-state index is 0. The molecule has 2 rings (SSSR count). The predicted octanol–water partition coefficient (Wildman–Crippen LogP) is 3.02. The van der Waals surface area contributed by atoms with Crippen molar-refractivity contribution in [2.45, 2.75) is 26.8 Å². The van der Waals surface area contributed by atoms with Crippen LogP contribution < -0.4 is 20.7 Å². The summed E-state index contributed by atoms with van der Waals surface area (Å²) >= 11 is 0. The number of anilines is 1. The van der Waals surface area contributed by atoms with Crippen molar-refractivity contribution in [2.75, 3.05) is 26.0 Å². The number of amides is 1. The molecule has 152 valence electrons. The molecular weight excluding hydrogens is 469 g/mol. The molecule has 1 aromatic heterocycles. The Balaban J connectivity index is 0.00000392. The molecule has 0 fully saturated rings. The van der Waals surface area contributed by atoms with E-state index in [-0.39, 0.29) is 29.9 Å². The number of hydrogen-bond acceptors (Lipinski definition) is 4. The SMILES string of the molecule is CN=C(NCCC(=O)Nc1cccc(C)n1)NCc1ccc(C)cc1OC.I. The Morgan fingerprint density at radius 1 is 1.18 bits per heavy atom. The van der Waals surface area contributed by atoms with Crippen LogP contribution in [-0.4, -0.2) is 37.6 Å². The minimum Gasteiger partial charge on any atom is -0.496 e. The van der Waals surface area contributed by atoms with Gasteiger partial charge in [0.15, 0.2) is 5.96 Å². The molecule has 28 heavy (non-hydrogen) atoms. The second kappa shape index (κ2) is 12.2. The summed E-state index contributed by atoms with van der Waals surface area (Å²) in [4.78, 5) is 20.5. The molecule has 0 aliphatic carbocycles. The highest BCUT2D eigenvalue weighted by Crippen LogP contribution is 2.19. The lowest BCUT2D eigenvalue weighted by molar-refractivity contribution is -0.116.